The van der Waals surface area contributed by atoms with E-state index < -0.39 is 0 Å². The molecule has 134 valence electrons. The molecule has 1 saturated heterocycles. The number of nitrogens with zero attached hydrogens (tertiary/aromatic N) is 4. The van der Waals surface area contributed by atoms with Crippen LogP contribution in [0.5, 0.6) is 0 Å². The van der Waals surface area contributed by atoms with Crippen LogP contribution in [-0.4, -0.2) is 59.2 Å². The predicted octanol–water partition coefficient (Wildman–Crippen LogP) is 2.43. The van der Waals surface area contributed by atoms with Gasteiger partial charge in [0.2, 0.25) is 0 Å². The number of nitro benzene ring substituents is 1. The highest BCUT2D eigenvalue weighted by Crippen LogP contribution is 2.33. The van der Waals surface area contributed by atoms with Crippen molar-refractivity contribution < 1.29 is 10.0 Å². The zero-order valence-electron chi connectivity index (χ0n) is 14.5. The Morgan fingerprint density at radius 3 is 2.80 bits per heavy atom. The summed E-state index contributed by atoms with van der Waals surface area (Å²) in [5, 5.41) is 20.8. The highest BCUT2D eigenvalue weighted by atomic mass is 16.6. The molecule has 1 fully saturated rings. The van der Waals surface area contributed by atoms with Crippen molar-refractivity contribution in [3.8, 4) is 0 Å². The van der Waals surface area contributed by atoms with Crippen LogP contribution in [0.4, 0.5) is 11.4 Å². The third kappa shape index (κ3) is 3.72. The van der Waals surface area contributed by atoms with Crippen molar-refractivity contribution in [1.29, 1.82) is 0 Å². The average Bonchev–Trinajstić information content (AvgIpc) is 2.65. The van der Waals surface area contributed by atoms with Gasteiger partial charge in [0.15, 0.2) is 0 Å². The van der Waals surface area contributed by atoms with E-state index in [2.05, 4.69) is 21.8 Å². The van der Waals surface area contributed by atoms with Gasteiger partial charge in [-0.2, -0.15) is 0 Å². The molecule has 1 aliphatic heterocycles. The number of anilines is 1. The molecule has 1 aromatic carbocycles. The van der Waals surface area contributed by atoms with Gasteiger partial charge in [-0.05, 0) is 44.5 Å². The van der Waals surface area contributed by atoms with Crippen LogP contribution in [0.25, 0.3) is 10.9 Å². The highest BCUT2D eigenvalue weighted by Gasteiger charge is 2.25. The largest absolute Gasteiger partial charge is 0.396 e. The molecule has 0 bridgehead atoms. The number of pyridine rings is 1. The maximum absolute atomic E-state index is 11.2. The predicted molar refractivity (Wildman–Crippen MR) is 98.0 cm³/mol. The smallest absolute Gasteiger partial charge is 0.278 e. The maximum atomic E-state index is 11.2. The fourth-order valence-corrected chi connectivity index (χ4v) is 3.61. The fraction of sp³-hybridized carbons (Fsp3) is 0.500. The Bertz CT molecular complexity index is 744. The van der Waals surface area contributed by atoms with E-state index in [9.17, 15) is 10.1 Å². The quantitative estimate of drug-likeness (QED) is 0.640. The van der Waals surface area contributed by atoms with Gasteiger partial charge in [0.25, 0.3) is 5.69 Å². The topological polar surface area (TPSA) is 82.7 Å². The van der Waals surface area contributed by atoms with E-state index >= 15 is 0 Å². The first-order chi connectivity index (χ1) is 12.1. The Morgan fingerprint density at radius 2 is 2.12 bits per heavy atom. The second kappa shape index (κ2) is 7.76. The molecule has 0 spiro atoms. The van der Waals surface area contributed by atoms with Crippen LogP contribution in [0, 0.1) is 10.1 Å². The Labute approximate surface area is 147 Å². The molecular formula is C18H24N4O3. The van der Waals surface area contributed by atoms with Crippen molar-refractivity contribution in [1.82, 2.24) is 9.88 Å². The lowest BCUT2D eigenvalue weighted by Gasteiger charge is -2.38. The second-order valence-corrected chi connectivity index (χ2v) is 6.54. The molecule has 3 rings (SSSR count). The molecule has 0 amide bonds. The van der Waals surface area contributed by atoms with Gasteiger partial charge in [-0.3, -0.25) is 15.1 Å². The van der Waals surface area contributed by atoms with Crippen molar-refractivity contribution >= 4 is 22.3 Å². The third-order valence-electron chi connectivity index (χ3n) is 5.02. The van der Waals surface area contributed by atoms with Crippen molar-refractivity contribution in [2.24, 2.45) is 0 Å². The van der Waals surface area contributed by atoms with Crippen LogP contribution in [0.2, 0.25) is 0 Å². The summed E-state index contributed by atoms with van der Waals surface area (Å²) in [6.07, 6.45) is 4.55. The van der Waals surface area contributed by atoms with Gasteiger partial charge < -0.3 is 14.9 Å². The van der Waals surface area contributed by atoms with Crippen LogP contribution < -0.4 is 4.90 Å². The highest BCUT2D eigenvalue weighted by molar-refractivity contribution is 5.97. The minimum Gasteiger partial charge on any atom is -0.396 e. The number of aliphatic hydroxyl groups excluding tert-OH is 1. The standard InChI is InChI=1S/C18H24N4O3/c1-20(10-3-13-23)14-7-11-21(12-8-14)17-6-5-16(22(24)25)15-4-2-9-19-18(15)17/h2,4-6,9,14,23H,3,7-8,10-13H2,1H3. The van der Waals surface area contributed by atoms with Gasteiger partial charge in [-0.15, -0.1) is 0 Å². The van der Waals surface area contributed by atoms with Crippen LogP contribution >= 0.6 is 0 Å². The molecule has 0 radical (unpaired) electrons. The number of non-ortho nitro benzene ring substituents is 1. The third-order valence-corrected chi connectivity index (χ3v) is 5.02. The molecule has 2 heterocycles. The van der Waals surface area contributed by atoms with E-state index in [1.54, 1.807) is 24.4 Å². The minimum absolute atomic E-state index is 0.102. The molecular weight excluding hydrogens is 320 g/mol. The SMILES string of the molecule is CN(CCCO)C1CCN(c2ccc([N+](=O)[O-])c3cccnc23)CC1. The molecule has 0 unspecified atom stereocenters. The van der Waals surface area contributed by atoms with Gasteiger partial charge in [0.1, 0.15) is 5.52 Å². The lowest BCUT2D eigenvalue weighted by atomic mass is 10.0. The van der Waals surface area contributed by atoms with E-state index in [0.717, 1.165) is 44.6 Å². The number of piperidine rings is 1. The van der Waals surface area contributed by atoms with Crippen LogP contribution in [0.15, 0.2) is 30.5 Å². The van der Waals surface area contributed by atoms with E-state index in [4.69, 9.17) is 5.11 Å². The summed E-state index contributed by atoms with van der Waals surface area (Å²) in [5.74, 6) is 0. The van der Waals surface area contributed by atoms with Crippen molar-refractivity contribution in [3.05, 3.63) is 40.6 Å². The van der Waals surface area contributed by atoms with E-state index in [0.29, 0.717) is 16.9 Å². The number of benzene rings is 1. The van der Waals surface area contributed by atoms with Crippen molar-refractivity contribution in [2.75, 3.05) is 38.2 Å². The van der Waals surface area contributed by atoms with Gasteiger partial charge >= 0.3 is 0 Å². The molecule has 0 aliphatic carbocycles. The Hall–Kier alpha value is -2.25. The summed E-state index contributed by atoms with van der Waals surface area (Å²) in [7, 11) is 2.11. The summed E-state index contributed by atoms with van der Waals surface area (Å²) in [4.78, 5) is 19.9. The van der Waals surface area contributed by atoms with Crippen molar-refractivity contribution in [2.45, 2.75) is 25.3 Å². The Kier molecular flexibility index (Phi) is 5.45. The van der Waals surface area contributed by atoms with Crippen LogP contribution in [0.3, 0.4) is 0 Å². The van der Waals surface area contributed by atoms with Crippen LogP contribution in [0.1, 0.15) is 19.3 Å². The van der Waals surface area contributed by atoms with Gasteiger partial charge in [0, 0.05) is 44.5 Å². The molecule has 0 saturated carbocycles. The van der Waals surface area contributed by atoms with E-state index in [1.165, 1.54) is 0 Å². The summed E-state index contributed by atoms with van der Waals surface area (Å²) in [6.45, 7) is 2.93. The molecule has 1 aliphatic rings. The zero-order chi connectivity index (χ0) is 17.8. The summed E-state index contributed by atoms with van der Waals surface area (Å²) < 4.78 is 0. The second-order valence-electron chi connectivity index (χ2n) is 6.54. The number of aromatic nitrogens is 1. The monoisotopic (exact) mass is 344 g/mol. The molecule has 7 heteroatoms. The molecule has 1 aromatic heterocycles. The molecule has 7 nitrogen and oxygen atoms in total. The molecule has 2 aromatic rings. The summed E-state index contributed by atoms with van der Waals surface area (Å²) in [5.41, 5.74) is 1.77. The minimum atomic E-state index is -0.351. The maximum Gasteiger partial charge on any atom is 0.278 e. The average molecular weight is 344 g/mol. The summed E-state index contributed by atoms with van der Waals surface area (Å²) in [6, 6.07) is 7.42. The Morgan fingerprint density at radius 1 is 1.36 bits per heavy atom. The first kappa shape index (κ1) is 17.6. The first-order valence-corrected chi connectivity index (χ1v) is 8.70. The lowest BCUT2D eigenvalue weighted by Crippen LogP contribution is -2.43. The zero-order valence-corrected chi connectivity index (χ0v) is 14.5. The number of aliphatic hydroxyl groups is 1. The number of rotatable bonds is 6. The van der Waals surface area contributed by atoms with Gasteiger partial charge in [-0.25, -0.2) is 0 Å². The lowest BCUT2D eigenvalue weighted by molar-refractivity contribution is -0.383. The van der Waals surface area contributed by atoms with Crippen molar-refractivity contribution in [3.63, 3.8) is 0 Å². The number of fused-ring (bicyclic) bond motifs is 1. The Balaban J connectivity index is 1.78. The first-order valence-electron chi connectivity index (χ1n) is 8.70. The number of hydrogen-bond acceptors (Lipinski definition) is 6. The van der Waals surface area contributed by atoms with Crippen LogP contribution in [-0.2, 0) is 0 Å². The number of hydrogen-bond donors (Lipinski definition) is 1. The molecule has 1 N–H and O–H groups in total. The van der Waals surface area contributed by atoms with Gasteiger partial charge in [0.05, 0.1) is 16.0 Å². The normalized spacial score (nSPS) is 15.9. The fourth-order valence-electron chi connectivity index (χ4n) is 3.61. The van der Waals surface area contributed by atoms with E-state index in [-0.39, 0.29) is 17.2 Å². The number of nitro groups is 1. The van der Waals surface area contributed by atoms with Gasteiger partial charge in [-0.1, -0.05) is 0 Å². The summed E-state index contributed by atoms with van der Waals surface area (Å²) >= 11 is 0. The molecule has 0 atom stereocenters. The molecule has 25 heavy (non-hydrogen) atoms. The van der Waals surface area contributed by atoms with E-state index in [1.807, 2.05) is 6.07 Å².